The van der Waals surface area contributed by atoms with Gasteiger partial charge in [0.25, 0.3) is 0 Å². The molecule has 0 aromatic heterocycles. The molecule has 0 aliphatic carbocycles. The normalized spacial score (nSPS) is 14.4. The number of hydrogen-bond donors (Lipinski definition) is 1. The summed E-state index contributed by atoms with van der Waals surface area (Å²) in [5.41, 5.74) is 0. The predicted molar refractivity (Wildman–Crippen MR) is 15.7 cm³/mol. The van der Waals surface area contributed by atoms with E-state index in [9.17, 15) is 26.3 Å². The van der Waals surface area contributed by atoms with Crippen LogP contribution in [0.25, 0.3) is 0 Å². The van der Waals surface area contributed by atoms with Gasteiger partial charge in [0.1, 0.15) is 0 Å². The fourth-order valence-corrected chi connectivity index (χ4v) is 0.144. The Morgan fingerprint density at radius 1 is 0.800 bits per heavy atom. The molecule has 1 N–H and O–H groups in total. The zero-order chi connectivity index (χ0) is 8.58. The van der Waals surface area contributed by atoms with Crippen LogP contribution in [-0.4, -0.2) is 22.9 Å². The smallest absolute Gasteiger partial charge is 0.299 e. The van der Waals surface area contributed by atoms with Crippen LogP contribution in [0.3, 0.4) is 0 Å². The summed E-state index contributed by atoms with van der Waals surface area (Å²) in [7, 11) is 0. The summed E-state index contributed by atoms with van der Waals surface area (Å²) in [6.45, 7) is 0. The van der Waals surface area contributed by atoms with Crippen molar-refractivity contribution < 1.29 is 31.5 Å². The Morgan fingerprint density at radius 2 is 1.00 bits per heavy atom. The van der Waals surface area contributed by atoms with Crippen molar-refractivity contribution in [1.29, 1.82) is 0 Å². The molecule has 2 nitrogen and oxygen atoms in total. The minimum absolute atomic E-state index is 2.62. The van der Waals surface area contributed by atoms with Crippen molar-refractivity contribution in [2.45, 2.75) is 12.6 Å². The number of alkyl halides is 6. The topological polar surface area (TPSA) is 23.5 Å². The Morgan fingerprint density at radius 3 is 1.00 bits per heavy atom. The van der Waals surface area contributed by atoms with Crippen LogP contribution in [-0.2, 0) is 0 Å². The van der Waals surface area contributed by atoms with Gasteiger partial charge in [-0.05, 0) is 0 Å². The van der Waals surface area contributed by atoms with E-state index >= 15 is 0 Å². The molecule has 0 aliphatic heterocycles. The largest absolute Gasteiger partial charge is 0.490 e. The lowest BCUT2D eigenvalue weighted by Gasteiger charge is -2.19. The van der Waals surface area contributed by atoms with Gasteiger partial charge in [-0.25, -0.2) is 0 Å². The first-order valence-corrected chi connectivity index (χ1v) is 1.78. The summed E-state index contributed by atoms with van der Waals surface area (Å²) in [6.07, 6.45) is -11.6. The molecule has 0 aromatic carbocycles. The first-order chi connectivity index (χ1) is 4.15. The van der Waals surface area contributed by atoms with Crippen LogP contribution in [0.1, 0.15) is 0 Å². The molecule has 0 amide bonds. The van der Waals surface area contributed by atoms with E-state index in [0.29, 0.717) is 0 Å². The molecule has 62 valence electrons. The third-order valence-electron chi connectivity index (χ3n) is 0.480. The molecular formula is C2HF6NO. The molecule has 0 saturated carbocycles. The molecule has 8 heteroatoms. The maximum absolute atomic E-state index is 10.9. The van der Waals surface area contributed by atoms with E-state index in [1.165, 1.54) is 0 Å². The van der Waals surface area contributed by atoms with Gasteiger partial charge in [0.05, 0.1) is 0 Å². The summed E-state index contributed by atoms with van der Waals surface area (Å²) in [5.74, 6) is 0. The monoisotopic (exact) mass is 169 g/mol. The summed E-state index contributed by atoms with van der Waals surface area (Å²) in [6, 6.07) is 0. The van der Waals surface area contributed by atoms with Crippen LogP contribution in [0.5, 0.6) is 0 Å². The molecule has 0 heterocycles. The van der Waals surface area contributed by atoms with Gasteiger partial charge in [-0.3, -0.25) is 5.21 Å². The molecule has 0 rings (SSSR count). The molecule has 0 radical (unpaired) electrons. The zero-order valence-corrected chi connectivity index (χ0v) is 4.16. The van der Waals surface area contributed by atoms with Gasteiger partial charge in [0.15, 0.2) is 0 Å². The highest BCUT2D eigenvalue weighted by atomic mass is 19.4. The van der Waals surface area contributed by atoms with Crippen LogP contribution in [0.4, 0.5) is 26.3 Å². The number of hydrogen-bond acceptors (Lipinski definition) is 2. The highest BCUT2D eigenvalue weighted by molar-refractivity contribution is 4.48. The third kappa shape index (κ3) is 2.40. The SMILES string of the molecule is ON(C(F)(F)F)C(F)(F)F. The van der Waals surface area contributed by atoms with E-state index < -0.39 is 17.7 Å². The van der Waals surface area contributed by atoms with Crippen molar-refractivity contribution >= 4 is 0 Å². The highest BCUT2D eigenvalue weighted by Gasteiger charge is 2.53. The van der Waals surface area contributed by atoms with Gasteiger partial charge in [-0.2, -0.15) is 26.3 Å². The van der Waals surface area contributed by atoms with Crippen LogP contribution in [0.2, 0.25) is 0 Å². The Balaban J connectivity index is 4.23. The summed E-state index contributed by atoms with van der Waals surface area (Å²) in [5, 5.41) is 4.68. The van der Waals surface area contributed by atoms with Crippen LogP contribution in [0.15, 0.2) is 0 Å². The molecule has 0 bridgehead atoms. The summed E-state index contributed by atoms with van der Waals surface area (Å²) < 4.78 is 65.4. The fraction of sp³-hybridized carbons (Fsp3) is 1.00. The Labute approximate surface area is 50.6 Å². The second kappa shape index (κ2) is 2.27. The lowest BCUT2D eigenvalue weighted by Crippen LogP contribution is -2.45. The molecular weight excluding hydrogens is 168 g/mol. The van der Waals surface area contributed by atoms with Crippen molar-refractivity contribution in [1.82, 2.24) is 5.06 Å². The number of hydroxylamine groups is 2. The van der Waals surface area contributed by atoms with Crippen LogP contribution in [0, 0.1) is 0 Å². The molecule has 0 atom stereocenters. The van der Waals surface area contributed by atoms with E-state index in [1.54, 1.807) is 0 Å². The minimum atomic E-state index is -5.79. The van der Waals surface area contributed by atoms with E-state index in [1.807, 2.05) is 0 Å². The predicted octanol–water partition coefficient (Wildman–Crippen LogP) is 1.72. The van der Waals surface area contributed by atoms with Gasteiger partial charge < -0.3 is 0 Å². The van der Waals surface area contributed by atoms with Crippen molar-refractivity contribution in [2.24, 2.45) is 0 Å². The average molecular weight is 169 g/mol. The second-order valence-electron chi connectivity index (χ2n) is 1.25. The minimum Gasteiger partial charge on any atom is -0.299 e. The maximum Gasteiger partial charge on any atom is 0.490 e. The third-order valence-corrected chi connectivity index (χ3v) is 0.480. The summed E-state index contributed by atoms with van der Waals surface area (Å²) in [4.78, 5) is 0. The van der Waals surface area contributed by atoms with E-state index in [4.69, 9.17) is 5.21 Å². The highest BCUT2D eigenvalue weighted by Crippen LogP contribution is 2.30. The number of nitrogens with zero attached hydrogens (tertiary/aromatic N) is 1. The molecule has 0 aromatic rings. The molecule has 0 unspecified atom stereocenters. The Kier molecular flexibility index (Phi) is 2.16. The van der Waals surface area contributed by atoms with Gasteiger partial charge in [-0.15, -0.1) is 0 Å². The van der Waals surface area contributed by atoms with Gasteiger partial charge >= 0.3 is 12.6 Å². The Hall–Kier alpha value is -0.500. The zero-order valence-electron chi connectivity index (χ0n) is 4.16. The quantitative estimate of drug-likeness (QED) is 0.339. The standard InChI is InChI=1S/C2HF6NO/c3-1(4,5)9(10)2(6,7)8/h10H. The first kappa shape index (κ1) is 9.50. The lowest BCUT2D eigenvalue weighted by molar-refractivity contribution is -0.469. The van der Waals surface area contributed by atoms with Gasteiger partial charge in [0, 0.05) is 5.06 Å². The number of halogens is 6. The van der Waals surface area contributed by atoms with Gasteiger partial charge in [0.2, 0.25) is 0 Å². The molecule has 10 heavy (non-hydrogen) atoms. The van der Waals surface area contributed by atoms with Crippen LogP contribution < -0.4 is 0 Å². The number of rotatable bonds is 0. The molecule has 0 saturated heterocycles. The van der Waals surface area contributed by atoms with Crippen molar-refractivity contribution in [3.8, 4) is 0 Å². The maximum atomic E-state index is 10.9. The van der Waals surface area contributed by atoms with Crippen molar-refractivity contribution in [3.05, 3.63) is 0 Å². The molecule has 0 fully saturated rings. The van der Waals surface area contributed by atoms with Crippen molar-refractivity contribution in [2.75, 3.05) is 0 Å². The Bertz CT molecular complexity index is 99.9. The van der Waals surface area contributed by atoms with Crippen molar-refractivity contribution in [3.63, 3.8) is 0 Å². The van der Waals surface area contributed by atoms with Gasteiger partial charge in [-0.1, -0.05) is 0 Å². The average Bonchev–Trinajstić information content (AvgIpc) is 1.59. The van der Waals surface area contributed by atoms with Crippen LogP contribution >= 0.6 is 0 Å². The first-order valence-electron chi connectivity index (χ1n) is 1.78. The molecule has 0 spiro atoms. The molecule has 0 aliphatic rings. The summed E-state index contributed by atoms with van der Waals surface area (Å²) >= 11 is 0. The fourth-order valence-electron chi connectivity index (χ4n) is 0.144. The second-order valence-corrected chi connectivity index (χ2v) is 1.25. The lowest BCUT2D eigenvalue weighted by atomic mass is 10.9. The van der Waals surface area contributed by atoms with E-state index in [2.05, 4.69) is 0 Å². The van der Waals surface area contributed by atoms with E-state index in [-0.39, 0.29) is 0 Å². The van der Waals surface area contributed by atoms with E-state index in [0.717, 1.165) is 0 Å².